The van der Waals surface area contributed by atoms with Gasteiger partial charge in [-0.25, -0.2) is 0 Å². The third kappa shape index (κ3) is 1.75. The van der Waals surface area contributed by atoms with Gasteiger partial charge in [-0.15, -0.1) is 0 Å². The Kier molecular flexibility index (Phi) is 2.10. The molecule has 0 N–H and O–H groups in total. The predicted octanol–water partition coefficient (Wildman–Crippen LogP) is 3.72. The molecule has 0 aliphatic heterocycles. The summed E-state index contributed by atoms with van der Waals surface area (Å²) >= 11 is 0. The Bertz CT molecular complexity index is 547. The number of hydrogen-bond donors (Lipinski definition) is 0. The second-order valence-corrected chi connectivity index (χ2v) is 4.72. The van der Waals surface area contributed by atoms with Crippen molar-refractivity contribution in [2.24, 2.45) is 5.92 Å². The van der Waals surface area contributed by atoms with E-state index in [-0.39, 0.29) is 5.78 Å². The van der Waals surface area contributed by atoms with Gasteiger partial charge < -0.3 is 4.42 Å². The largest absolute Gasteiger partial charge is 0.453 e. The highest BCUT2D eigenvalue weighted by Crippen LogP contribution is 2.34. The van der Waals surface area contributed by atoms with Gasteiger partial charge in [0.25, 0.3) is 0 Å². The van der Waals surface area contributed by atoms with Gasteiger partial charge in [-0.3, -0.25) is 4.79 Å². The lowest BCUT2D eigenvalue weighted by Gasteiger charge is -1.93. The summed E-state index contributed by atoms with van der Waals surface area (Å²) in [5.74, 6) is 1.28. The van der Waals surface area contributed by atoms with Gasteiger partial charge in [0.1, 0.15) is 5.58 Å². The van der Waals surface area contributed by atoms with Crippen molar-refractivity contribution in [3.8, 4) is 0 Å². The average molecular weight is 214 g/mol. The van der Waals surface area contributed by atoms with Gasteiger partial charge >= 0.3 is 0 Å². The maximum Gasteiger partial charge on any atom is 0.198 e. The van der Waals surface area contributed by atoms with E-state index < -0.39 is 0 Å². The van der Waals surface area contributed by atoms with Crippen molar-refractivity contribution < 1.29 is 9.21 Å². The van der Waals surface area contributed by atoms with Crippen molar-refractivity contribution in [3.05, 3.63) is 35.6 Å². The maximum absolute atomic E-state index is 11.9. The van der Waals surface area contributed by atoms with E-state index in [1.807, 2.05) is 31.2 Å². The lowest BCUT2D eigenvalue weighted by atomic mass is 10.1. The molecule has 3 rings (SSSR count). The van der Waals surface area contributed by atoms with Crippen molar-refractivity contribution in [1.29, 1.82) is 0 Å². The summed E-state index contributed by atoms with van der Waals surface area (Å²) in [5, 5.41) is 1.02. The van der Waals surface area contributed by atoms with Crippen LogP contribution in [0.15, 0.2) is 28.7 Å². The highest BCUT2D eigenvalue weighted by Gasteiger charge is 2.26. The van der Waals surface area contributed by atoms with Crippen molar-refractivity contribution in [2.45, 2.75) is 26.2 Å². The van der Waals surface area contributed by atoms with Crippen LogP contribution in [0.25, 0.3) is 11.0 Å². The first-order valence-corrected chi connectivity index (χ1v) is 5.76. The first kappa shape index (κ1) is 9.64. The third-order valence-electron chi connectivity index (χ3n) is 3.12. The third-order valence-corrected chi connectivity index (χ3v) is 3.12. The molecular weight excluding hydrogens is 200 g/mol. The molecule has 0 spiro atoms. The van der Waals surface area contributed by atoms with Crippen LogP contribution in [0, 0.1) is 12.8 Å². The van der Waals surface area contributed by atoms with Gasteiger partial charge in [0.2, 0.25) is 0 Å². The van der Waals surface area contributed by atoms with Gasteiger partial charge in [0.05, 0.1) is 0 Å². The number of rotatable bonds is 3. The zero-order valence-electron chi connectivity index (χ0n) is 9.32. The Morgan fingerprint density at radius 1 is 1.38 bits per heavy atom. The molecule has 1 aromatic heterocycles. The number of aryl methyl sites for hydroxylation is 1. The molecule has 1 heterocycles. The number of Topliss-reactive ketones (excluding diaryl/α,β-unsaturated/α-hetero) is 1. The minimum atomic E-state index is 0.149. The van der Waals surface area contributed by atoms with Crippen molar-refractivity contribution in [1.82, 2.24) is 0 Å². The molecule has 16 heavy (non-hydrogen) atoms. The van der Waals surface area contributed by atoms with Gasteiger partial charge in [0.15, 0.2) is 11.5 Å². The Morgan fingerprint density at radius 3 is 2.94 bits per heavy atom. The Morgan fingerprint density at radius 2 is 2.19 bits per heavy atom. The van der Waals surface area contributed by atoms with Gasteiger partial charge in [-0.1, -0.05) is 12.1 Å². The molecule has 0 atom stereocenters. The number of benzene rings is 1. The number of fused-ring (bicyclic) bond motifs is 1. The molecule has 2 nitrogen and oxygen atoms in total. The summed E-state index contributed by atoms with van der Waals surface area (Å²) in [6, 6.07) is 7.87. The smallest absolute Gasteiger partial charge is 0.198 e. The molecule has 2 aromatic rings. The molecular formula is C14H14O2. The van der Waals surface area contributed by atoms with Gasteiger partial charge in [-0.2, -0.15) is 0 Å². The topological polar surface area (TPSA) is 30.2 Å². The molecule has 1 aliphatic carbocycles. The number of carbonyl (C=O) groups is 1. The average Bonchev–Trinajstić information content (AvgIpc) is 2.95. The Labute approximate surface area is 94.3 Å². The van der Waals surface area contributed by atoms with E-state index in [0.29, 0.717) is 18.1 Å². The summed E-state index contributed by atoms with van der Waals surface area (Å²) in [6.45, 7) is 2.02. The predicted molar refractivity (Wildman–Crippen MR) is 62.6 cm³/mol. The second kappa shape index (κ2) is 3.48. The highest BCUT2D eigenvalue weighted by molar-refractivity contribution is 5.97. The van der Waals surface area contributed by atoms with E-state index in [4.69, 9.17) is 4.42 Å². The minimum Gasteiger partial charge on any atom is -0.453 e. The Balaban J connectivity index is 1.94. The zero-order valence-corrected chi connectivity index (χ0v) is 9.32. The molecule has 0 amide bonds. The van der Waals surface area contributed by atoms with Gasteiger partial charge in [0, 0.05) is 11.8 Å². The molecule has 2 heteroatoms. The van der Waals surface area contributed by atoms with E-state index in [1.54, 1.807) is 0 Å². The SMILES string of the molecule is Cc1ccc2cc(C(=O)CC3CC3)oc2c1. The van der Waals surface area contributed by atoms with Crippen LogP contribution in [0.3, 0.4) is 0 Å². The van der Waals surface area contributed by atoms with E-state index >= 15 is 0 Å². The van der Waals surface area contributed by atoms with Crippen LogP contribution in [0.4, 0.5) is 0 Å². The van der Waals surface area contributed by atoms with E-state index in [1.165, 1.54) is 12.8 Å². The number of carbonyl (C=O) groups excluding carboxylic acids is 1. The van der Waals surface area contributed by atoms with Crippen LogP contribution < -0.4 is 0 Å². The normalized spacial score (nSPS) is 15.6. The molecule has 82 valence electrons. The van der Waals surface area contributed by atoms with Crippen LogP contribution in [0.5, 0.6) is 0 Å². The minimum absolute atomic E-state index is 0.149. The first-order valence-electron chi connectivity index (χ1n) is 5.76. The maximum atomic E-state index is 11.9. The highest BCUT2D eigenvalue weighted by atomic mass is 16.3. The fourth-order valence-corrected chi connectivity index (χ4v) is 1.96. The van der Waals surface area contributed by atoms with Crippen LogP contribution in [-0.2, 0) is 0 Å². The number of hydrogen-bond acceptors (Lipinski definition) is 2. The van der Waals surface area contributed by atoms with Crippen LogP contribution in [0.1, 0.15) is 35.4 Å². The lowest BCUT2D eigenvalue weighted by molar-refractivity contribution is 0.0951. The molecule has 1 fully saturated rings. The number of ketones is 1. The van der Waals surface area contributed by atoms with Crippen molar-refractivity contribution in [3.63, 3.8) is 0 Å². The Hall–Kier alpha value is -1.57. The fraction of sp³-hybridized carbons (Fsp3) is 0.357. The van der Waals surface area contributed by atoms with Crippen LogP contribution >= 0.6 is 0 Å². The monoisotopic (exact) mass is 214 g/mol. The molecule has 1 saturated carbocycles. The van der Waals surface area contributed by atoms with Crippen LogP contribution in [-0.4, -0.2) is 5.78 Å². The van der Waals surface area contributed by atoms with Gasteiger partial charge in [-0.05, 0) is 43.4 Å². The van der Waals surface area contributed by atoms with E-state index in [9.17, 15) is 4.79 Å². The van der Waals surface area contributed by atoms with Crippen molar-refractivity contribution >= 4 is 16.8 Å². The summed E-state index contributed by atoms with van der Waals surface area (Å²) < 4.78 is 5.59. The van der Waals surface area contributed by atoms with Crippen LogP contribution in [0.2, 0.25) is 0 Å². The quantitative estimate of drug-likeness (QED) is 0.729. The van der Waals surface area contributed by atoms with Crippen molar-refractivity contribution in [2.75, 3.05) is 0 Å². The number of furan rings is 1. The summed E-state index contributed by atoms with van der Waals surface area (Å²) in [7, 11) is 0. The summed E-state index contributed by atoms with van der Waals surface area (Å²) in [5.41, 5.74) is 1.97. The summed E-state index contributed by atoms with van der Waals surface area (Å²) in [6.07, 6.45) is 3.05. The molecule has 0 unspecified atom stereocenters. The molecule has 1 aliphatic rings. The second-order valence-electron chi connectivity index (χ2n) is 4.72. The fourth-order valence-electron chi connectivity index (χ4n) is 1.96. The molecule has 0 radical (unpaired) electrons. The standard InChI is InChI=1S/C14H14O2/c1-9-2-5-11-8-14(16-13(11)6-9)12(15)7-10-3-4-10/h2,5-6,8,10H,3-4,7H2,1H3. The first-order chi connectivity index (χ1) is 7.72. The molecule has 1 aromatic carbocycles. The van der Waals surface area contributed by atoms with E-state index in [2.05, 4.69) is 0 Å². The molecule has 0 saturated heterocycles. The summed E-state index contributed by atoms with van der Waals surface area (Å²) in [4.78, 5) is 11.9. The zero-order chi connectivity index (χ0) is 11.1. The molecule has 0 bridgehead atoms. The van der Waals surface area contributed by atoms with E-state index in [0.717, 1.165) is 16.5 Å². The lowest BCUT2D eigenvalue weighted by Crippen LogP contribution is -1.97.